The lowest BCUT2D eigenvalue weighted by atomic mass is 10.1. The van der Waals surface area contributed by atoms with Crippen molar-refractivity contribution in [3.63, 3.8) is 0 Å². The Morgan fingerprint density at radius 2 is 2.17 bits per heavy atom. The third-order valence-corrected chi connectivity index (χ3v) is 4.63. The molecule has 1 amide bonds. The minimum Gasteiger partial charge on any atom is -0.352 e. The van der Waals surface area contributed by atoms with E-state index in [2.05, 4.69) is 34.9 Å². The first-order valence-electron chi connectivity index (χ1n) is 6.56. The van der Waals surface area contributed by atoms with Crippen LogP contribution in [0.1, 0.15) is 18.4 Å². The monoisotopic (exact) mass is 262 g/mol. The van der Waals surface area contributed by atoms with Crippen molar-refractivity contribution >= 4 is 17.7 Å². The third-order valence-electron chi connectivity index (χ3n) is 3.31. The van der Waals surface area contributed by atoms with Gasteiger partial charge in [0.1, 0.15) is 0 Å². The number of benzene rings is 1. The fourth-order valence-electron chi connectivity index (χ4n) is 2.22. The summed E-state index contributed by atoms with van der Waals surface area (Å²) in [5, 5.41) is 6.82. The minimum atomic E-state index is 0.137. The van der Waals surface area contributed by atoms with E-state index in [1.807, 2.05) is 11.8 Å². The largest absolute Gasteiger partial charge is 0.352 e. The van der Waals surface area contributed by atoms with Gasteiger partial charge < -0.3 is 10.6 Å². The zero-order valence-electron chi connectivity index (χ0n) is 10.3. The average molecular weight is 262 g/mol. The summed E-state index contributed by atoms with van der Waals surface area (Å²) in [4.78, 5) is 12.9. The molecule has 1 aliphatic heterocycles. The minimum absolute atomic E-state index is 0.137. The number of nitrogens with one attached hydrogen (secondary N) is 2. The van der Waals surface area contributed by atoms with E-state index >= 15 is 0 Å². The van der Waals surface area contributed by atoms with E-state index in [1.165, 1.54) is 10.5 Å². The summed E-state index contributed by atoms with van der Waals surface area (Å²) in [6.45, 7) is 1.35. The Hall–Kier alpha value is -1.00. The van der Waals surface area contributed by atoms with E-state index in [4.69, 9.17) is 0 Å². The molecule has 2 aliphatic rings. The Kier molecular flexibility index (Phi) is 3.57. The molecule has 2 N–H and O–H groups in total. The first kappa shape index (κ1) is 12.1. The molecule has 1 atom stereocenters. The number of carbonyl (C=O) groups is 1. The normalized spacial score (nSPS) is 21.7. The fourth-order valence-corrected chi connectivity index (χ4v) is 3.50. The van der Waals surface area contributed by atoms with Crippen molar-refractivity contribution in [1.82, 2.24) is 10.6 Å². The molecule has 0 spiro atoms. The summed E-state index contributed by atoms with van der Waals surface area (Å²) in [6.07, 6.45) is 3.41. The molecule has 0 radical (unpaired) electrons. The van der Waals surface area contributed by atoms with Crippen molar-refractivity contribution in [2.45, 2.75) is 35.4 Å². The van der Waals surface area contributed by atoms with Crippen LogP contribution in [-0.4, -0.2) is 30.3 Å². The fraction of sp³-hybridized carbons (Fsp3) is 0.500. The van der Waals surface area contributed by atoms with Crippen LogP contribution in [0, 0.1) is 0 Å². The molecular weight excluding hydrogens is 244 g/mol. The molecule has 18 heavy (non-hydrogen) atoms. The second kappa shape index (κ2) is 5.33. The Bertz CT molecular complexity index is 420. The Balaban J connectivity index is 1.39. The van der Waals surface area contributed by atoms with Crippen LogP contribution in [0.3, 0.4) is 0 Å². The van der Waals surface area contributed by atoms with Gasteiger partial charge in [-0.1, -0.05) is 18.2 Å². The Morgan fingerprint density at radius 1 is 1.33 bits per heavy atom. The predicted octanol–water partition coefficient (Wildman–Crippen LogP) is 1.57. The topological polar surface area (TPSA) is 41.1 Å². The van der Waals surface area contributed by atoms with Crippen molar-refractivity contribution < 1.29 is 4.79 Å². The number of amides is 1. The smallest absolute Gasteiger partial charge is 0.234 e. The molecule has 0 aromatic heterocycles. The van der Waals surface area contributed by atoms with E-state index in [0.29, 0.717) is 17.8 Å². The summed E-state index contributed by atoms with van der Waals surface area (Å²) in [6, 6.07) is 9.02. The Morgan fingerprint density at radius 3 is 2.94 bits per heavy atom. The Labute approximate surface area is 112 Å². The number of fused-ring (bicyclic) bond motifs is 1. The van der Waals surface area contributed by atoms with Crippen molar-refractivity contribution in [2.75, 3.05) is 13.1 Å². The molecule has 4 heteroatoms. The zero-order valence-corrected chi connectivity index (χ0v) is 11.1. The van der Waals surface area contributed by atoms with Gasteiger partial charge in [-0.3, -0.25) is 4.79 Å². The lowest BCUT2D eigenvalue weighted by Gasteiger charge is -2.10. The van der Waals surface area contributed by atoms with Crippen LogP contribution in [0.25, 0.3) is 0 Å². The van der Waals surface area contributed by atoms with Crippen LogP contribution in [0.4, 0.5) is 0 Å². The molecule has 1 saturated carbocycles. The number of hydrogen-bond donors (Lipinski definition) is 2. The molecule has 96 valence electrons. The van der Waals surface area contributed by atoms with Gasteiger partial charge in [-0.05, 0) is 30.9 Å². The summed E-state index contributed by atoms with van der Waals surface area (Å²) >= 11 is 1.92. The number of thioether (sulfide) groups is 1. The van der Waals surface area contributed by atoms with Crippen LogP contribution in [-0.2, 0) is 11.2 Å². The van der Waals surface area contributed by atoms with Crippen molar-refractivity contribution in [1.29, 1.82) is 0 Å². The van der Waals surface area contributed by atoms with Gasteiger partial charge in [-0.25, -0.2) is 0 Å². The highest BCUT2D eigenvalue weighted by molar-refractivity contribution is 8.00. The lowest BCUT2D eigenvalue weighted by molar-refractivity contribution is -0.120. The maximum Gasteiger partial charge on any atom is 0.234 e. The van der Waals surface area contributed by atoms with Crippen LogP contribution >= 0.6 is 11.8 Å². The highest BCUT2D eigenvalue weighted by Crippen LogP contribution is 2.36. The van der Waals surface area contributed by atoms with Gasteiger partial charge in [0, 0.05) is 22.7 Å². The molecule has 3 rings (SSSR count). The maximum absolute atomic E-state index is 11.5. The van der Waals surface area contributed by atoms with E-state index in [-0.39, 0.29) is 5.91 Å². The van der Waals surface area contributed by atoms with Crippen LogP contribution in [0.5, 0.6) is 0 Å². The van der Waals surface area contributed by atoms with Gasteiger partial charge in [0.2, 0.25) is 5.91 Å². The quantitative estimate of drug-likeness (QED) is 0.846. The standard InChI is InChI=1S/C14H18N2OS/c17-14(16-11-5-6-11)9-15-8-12-7-10-3-1-2-4-13(10)18-12/h1-4,11-12,15H,5-9H2,(H,16,17). The molecule has 1 aromatic carbocycles. The molecule has 0 bridgehead atoms. The van der Waals surface area contributed by atoms with Gasteiger partial charge in [0.25, 0.3) is 0 Å². The highest BCUT2D eigenvalue weighted by Gasteiger charge is 2.24. The average Bonchev–Trinajstić information content (AvgIpc) is 3.07. The molecule has 1 aliphatic carbocycles. The highest BCUT2D eigenvalue weighted by atomic mass is 32.2. The van der Waals surface area contributed by atoms with Crippen LogP contribution in [0.15, 0.2) is 29.2 Å². The number of carbonyl (C=O) groups excluding carboxylic acids is 1. The third kappa shape index (κ3) is 3.06. The van der Waals surface area contributed by atoms with E-state index < -0.39 is 0 Å². The second-order valence-electron chi connectivity index (χ2n) is 5.02. The van der Waals surface area contributed by atoms with Gasteiger partial charge >= 0.3 is 0 Å². The maximum atomic E-state index is 11.5. The first-order valence-corrected chi connectivity index (χ1v) is 7.44. The van der Waals surface area contributed by atoms with E-state index in [0.717, 1.165) is 25.8 Å². The van der Waals surface area contributed by atoms with Crippen molar-refractivity contribution in [3.05, 3.63) is 29.8 Å². The second-order valence-corrected chi connectivity index (χ2v) is 6.37. The molecule has 1 fully saturated rings. The van der Waals surface area contributed by atoms with Crippen LogP contribution < -0.4 is 10.6 Å². The molecule has 3 nitrogen and oxygen atoms in total. The SMILES string of the molecule is O=C(CNCC1Cc2ccccc2S1)NC1CC1. The predicted molar refractivity (Wildman–Crippen MR) is 73.8 cm³/mol. The molecular formula is C14H18N2OS. The first-order chi connectivity index (χ1) is 8.81. The van der Waals surface area contributed by atoms with Crippen molar-refractivity contribution in [3.8, 4) is 0 Å². The van der Waals surface area contributed by atoms with E-state index in [1.54, 1.807) is 0 Å². The van der Waals surface area contributed by atoms with Gasteiger partial charge in [0.15, 0.2) is 0 Å². The molecule has 1 unspecified atom stereocenters. The number of hydrogen-bond acceptors (Lipinski definition) is 3. The zero-order chi connectivity index (χ0) is 12.4. The van der Waals surface area contributed by atoms with Gasteiger partial charge in [0.05, 0.1) is 6.54 Å². The summed E-state index contributed by atoms with van der Waals surface area (Å²) < 4.78 is 0. The van der Waals surface area contributed by atoms with Crippen LogP contribution in [0.2, 0.25) is 0 Å². The van der Waals surface area contributed by atoms with E-state index in [9.17, 15) is 4.79 Å². The summed E-state index contributed by atoms with van der Waals surface area (Å²) in [7, 11) is 0. The van der Waals surface area contributed by atoms with Gasteiger partial charge in [-0.15, -0.1) is 11.8 Å². The number of rotatable bonds is 5. The molecule has 0 saturated heterocycles. The summed E-state index contributed by atoms with van der Waals surface area (Å²) in [5.41, 5.74) is 1.44. The molecule has 1 heterocycles. The lowest BCUT2D eigenvalue weighted by Crippen LogP contribution is -2.37. The molecule has 1 aromatic rings. The summed E-state index contributed by atoms with van der Waals surface area (Å²) in [5.74, 6) is 0.137. The van der Waals surface area contributed by atoms with Gasteiger partial charge in [-0.2, -0.15) is 0 Å². The van der Waals surface area contributed by atoms with Crippen molar-refractivity contribution in [2.24, 2.45) is 0 Å².